The Kier molecular flexibility index (Phi) is 2.39. The third kappa shape index (κ3) is 1.57. The molecule has 0 atom stereocenters. The zero-order valence-corrected chi connectivity index (χ0v) is 8.06. The van der Waals surface area contributed by atoms with Crippen LogP contribution in [0.3, 0.4) is 0 Å². The van der Waals surface area contributed by atoms with Gasteiger partial charge in [0.15, 0.2) is 5.58 Å². The van der Waals surface area contributed by atoms with Gasteiger partial charge in [-0.2, -0.15) is 0 Å². The molecule has 1 N–H and O–H groups in total. The number of hydrogen-bond donors (Lipinski definition) is 1. The van der Waals surface area contributed by atoms with E-state index in [4.69, 9.17) is 9.52 Å². The SMILES string of the molecule is COC(=O)c1cccc2nc(CO)oc12. The van der Waals surface area contributed by atoms with Crippen LogP contribution in [0.1, 0.15) is 16.2 Å². The fraction of sp³-hybridized carbons (Fsp3) is 0.200. The fourth-order valence-electron chi connectivity index (χ4n) is 1.33. The lowest BCUT2D eigenvalue weighted by Crippen LogP contribution is -2.00. The summed E-state index contributed by atoms with van der Waals surface area (Å²) in [4.78, 5) is 15.3. The summed E-state index contributed by atoms with van der Waals surface area (Å²) in [6.45, 7) is -0.296. The average molecular weight is 207 g/mol. The van der Waals surface area contributed by atoms with E-state index in [2.05, 4.69) is 9.72 Å². The van der Waals surface area contributed by atoms with Crippen LogP contribution in [0.25, 0.3) is 11.1 Å². The molecule has 0 saturated carbocycles. The molecule has 0 aliphatic rings. The van der Waals surface area contributed by atoms with E-state index in [1.54, 1.807) is 18.2 Å². The van der Waals surface area contributed by atoms with Gasteiger partial charge in [0.25, 0.3) is 0 Å². The molecular weight excluding hydrogens is 198 g/mol. The van der Waals surface area contributed by atoms with Gasteiger partial charge in [0.05, 0.1) is 7.11 Å². The summed E-state index contributed by atoms with van der Waals surface area (Å²) in [5.74, 6) is -0.303. The Morgan fingerprint density at radius 2 is 2.40 bits per heavy atom. The van der Waals surface area contributed by atoms with Crippen molar-refractivity contribution >= 4 is 17.1 Å². The normalized spacial score (nSPS) is 10.5. The van der Waals surface area contributed by atoms with Crippen LogP contribution in [0.2, 0.25) is 0 Å². The molecular formula is C10H9NO4. The first kappa shape index (κ1) is 9.67. The summed E-state index contributed by atoms with van der Waals surface area (Å²) in [6, 6.07) is 4.96. The van der Waals surface area contributed by atoms with Gasteiger partial charge in [-0.1, -0.05) is 6.07 Å². The van der Waals surface area contributed by atoms with Crippen molar-refractivity contribution < 1.29 is 19.1 Å². The highest BCUT2D eigenvalue weighted by molar-refractivity contribution is 6.00. The van der Waals surface area contributed by atoms with Crippen molar-refractivity contribution in [1.29, 1.82) is 0 Å². The minimum absolute atomic E-state index is 0.182. The molecule has 0 radical (unpaired) electrons. The number of aromatic nitrogens is 1. The number of methoxy groups -OCH3 is 1. The molecule has 0 fully saturated rings. The molecule has 0 saturated heterocycles. The molecule has 78 valence electrons. The van der Waals surface area contributed by atoms with E-state index in [9.17, 15) is 4.79 Å². The molecule has 1 aromatic heterocycles. The molecule has 2 rings (SSSR count). The number of hydrogen-bond acceptors (Lipinski definition) is 5. The Labute approximate surface area is 85.3 Å². The minimum Gasteiger partial charge on any atom is -0.465 e. The van der Waals surface area contributed by atoms with Crippen molar-refractivity contribution in [3.8, 4) is 0 Å². The van der Waals surface area contributed by atoms with Crippen molar-refractivity contribution in [2.45, 2.75) is 6.61 Å². The van der Waals surface area contributed by atoms with Crippen LogP contribution in [-0.4, -0.2) is 23.2 Å². The topological polar surface area (TPSA) is 72.6 Å². The van der Waals surface area contributed by atoms with Crippen molar-refractivity contribution in [2.75, 3.05) is 7.11 Å². The highest BCUT2D eigenvalue weighted by Crippen LogP contribution is 2.20. The van der Waals surface area contributed by atoms with Gasteiger partial charge in [0.1, 0.15) is 17.7 Å². The Hall–Kier alpha value is -1.88. The van der Waals surface area contributed by atoms with E-state index in [-0.39, 0.29) is 12.5 Å². The Balaban J connectivity index is 2.64. The average Bonchev–Trinajstić information content (AvgIpc) is 2.70. The molecule has 1 aromatic carbocycles. The summed E-state index contributed by atoms with van der Waals surface area (Å²) in [5.41, 5.74) is 1.18. The second kappa shape index (κ2) is 3.70. The highest BCUT2D eigenvalue weighted by Gasteiger charge is 2.15. The summed E-state index contributed by atoms with van der Waals surface area (Å²) < 4.78 is 9.81. The van der Waals surface area contributed by atoms with Gasteiger partial charge >= 0.3 is 5.97 Å². The van der Waals surface area contributed by atoms with Crippen molar-refractivity contribution in [3.63, 3.8) is 0 Å². The van der Waals surface area contributed by atoms with Gasteiger partial charge in [-0.25, -0.2) is 9.78 Å². The predicted octanol–water partition coefficient (Wildman–Crippen LogP) is 1.11. The third-order valence-corrected chi connectivity index (χ3v) is 2.00. The molecule has 5 nitrogen and oxygen atoms in total. The van der Waals surface area contributed by atoms with Gasteiger partial charge < -0.3 is 14.3 Å². The number of aliphatic hydroxyl groups is 1. The smallest absolute Gasteiger partial charge is 0.341 e. The number of carbonyl (C=O) groups is 1. The number of para-hydroxylation sites is 1. The van der Waals surface area contributed by atoms with Crippen molar-refractivity contribution in [2.24, 2.45) is 0 Å². The number of benzene rings is 1. The van der Waals surface area contributed by atoms with Crippen LogP contribution in [0.5, 0.6) is 0 Å². The fourth-order valence-corrected chi connectivity index (χ4v) is 1.33. The number of carbonyl (C=O) groups excluding carboxylic acids is 1. The summed E-state index contributed by atoms with van der Waals surface area (Å²) in [7, 11) is 1.30. The molecule has 0 spiro atoms. The van der Waals surface area contributed by atoms with Crippen LogP contribution >= 0.6 is 0 Å². The standard InChI is InChI=1S/C10H9NO4/c1-14-10(13)6-3-2-4-7-9(6)15-8(5-12)11-7/h2-4,12H,5H2,1H3. The zero-order chi connectivity index (χ0) is 10.8. The zero-order valence-electron chi connectivity index (χ0n) is 8.06. The molecule has 2 aromatic rings. The van der Waals surface area contributed by atoms with E-state index < -0.39 is 5.97 Å². The molecule has 0 bridgehead atoms. The number of ether oxygens (including phenoxy) is 1. The lowest BCUT2D eigenvalue weighted by molar-refractivity contribution is 0.0601. The Bertz CT molecular complexity index is 503. The van der Waals surface area contributed by atoms with Gasteiger partial charge in [-0.15, -0.1) is 0 Å². The number of oxazole rings is 1. The van der Waals surface area contributed by atoms with Gasteiger partial charge in [0, 0.05) is 0 Å². The molecule has 0 unspecified atom stereocenters. The quantitative estimate of drug-likeness (QED) is 0.746. The Morgan fingerprint density at radius 1 is 1.60 bits per heavy atom. The molecule has 0 aliphatic heterocycles. The van der Waals surface area contributed by atoms with Crippen LogP contribution in [-0.2, 0) is 11.3 Å². The molecule has 0 aliphatic carbocycles. The maximum Gasteiger partial charge on any atom is 0.341 e. The van der Waals surface area contributed by atoms with Crippen LogP contribution in [0.4, 0.5) is 0 Å². The van der Waals surface area contributed by atoms with Crippen LogP contribution < -0.4 is 0 Å². The minimum atomic E-state index is -0.485. The second-order valence-electron chi connectivity index (χ2n) is 2.91. The summed E-state index contributed by atoms with van der Waals surface area (Å²) in [5, 5.41) is 8.85. The number of aliphatic hydroxyl groups excluding tert-OH is 1. The number of esters is 1. The first-order valence-corrected chi connectivity index (χ1v) is 4.34. The highest BCUT2D eigenvalue weighted by atomic mass is 16.5. The van der Waals surface area contributed by atoms with E-state index in [1.165, 1.54) is 7.11 Å². The Morgan fingerprint density at radius 3 is 3.07 bits per heavy atom. The first-order valence-electron chi connectivity index (χ1n) is 4.34. The lowest BCUT2D eigenvalue weighted by Gasteiger charge is -1.97. The maximum atomic E-state index is 11.4. The van der Waals surface area contributed by atoms with Crippen LogP contribution in [0.15, 0.2) is 22.6 Å². The van der Waals surface area contributed by atoms with E-state index in [0.29, 0.717) is 16.7 Å². The van der Waals surface area contributed by atoms with E-state index in [1.807, 2.05) is 0 Å². The van der Waals surface area contributed by atoms with Crippen molar-refractivity contribution in [3.05, 3.63) is 29.7 Å². The molecule has 5 heteroatoms. The number of nitrogens with zero attached hydrogens (tertiary/aromatic N) is 1. The van der Waals surface area contributed by atoms with E-state index in [0.717, 1.165) is 0 Å². The summed E-state index contributed by atoms with van der Waals surface area (Å²) in [6.07, 6.45) is 0. The molecule has 1 heterocycles. The number of rotatable bonds is 2. The van der Waals surface area contributed by atoms with E-state index >= 15 is 0 Å². The summed E-state index contributed by atoms with van der Waals surface area (Å²) >= 11 is 0. The molecule has 15 heavy (non-hydrogen) atoms. The van der Waals surface area contributed by atoms with Crippen LogP contribution in [0, 0.1) is 0 Å². The second-order valence-corrected chi connectivity index (χ2v) is 2.91. The van der Waals surface area contributed by atoms with Gasteiger partial charge in [-0.3, -0.25) is 0 Å². The number of fused-ring (bicyclic) bond motifs is 1. The monoisotopic (exact) mass is 207 g/mol. The lowest BCUT2D eigenvalue weighted by atomic mass is 10.2. The molecule has 0 amide bonds. The largest absolute Gasteiger partial charge is 0.465 e. The first-order chi connectivity index (χ1) is 7.26. The third-order valence-electron chi connectivity index (χ3n) is 2.00. The van der Waals surface area contributed by atoms with Gasteiger partial charge in [0.2, 0.25) is 5.89 Å². The predicted molar refractivity (Wildman–Crippen MR) is 51.3 cm³/mol. The van der Waals surface area contributed by atoms with Gasteiger partial charge in [-0.05, 0) is 12.1 Å². The maximum absolute atomic E-state index is 11.4. The van der Waals surface area contributed by atoms with Crippen molar-refractivity contribution in [1.82, 2.24) is 4.98 Å².